The molecular weight excluding hydrogens is 448 g/mol. The van der Waals surface area contributed by atoms with E-state index < -0.39 is 6.04 Å². The molecule has 1 aliphatic rings. The van der Waals surface area contributed by atoms with Gasteiger partial charge >= 0.3 is 6.03 Å². The Balaban J connectivity index is 1.58. The highest BCUT2D eigenvalue weighted by Crippen LogP contribution is 2.38. The molecule has 0 spiro atoms. The lowest BCUT2D eigenvalue weighted by atomic mass is 9.93. The van der Waals surface area contributed by atoms with Crippen LogP contribution in [-0.4, -0.2) is 21.1 Å². The van der Waals surface area contributed by atoms with Crippen LogP contribution in [0.4, 0.5) is 4.79 Å². The summed E-state index contributed by atoms with van der Waals surface area (Å²) in [6, 6.07) is 23.9. The standard InChI is InChI=1S/C30H30N4O2/c1-5-22-12-16-24(17-13-22)28-32-29(36-33-28)26-21(4)34(18-25-9-7-6-8-20(25)3)30(35)31-27(26)23-14-10-19(2)11-15-23/h6-17,27H,5,18H2,1-4H3,(H,31,35). The number of benzene rings is 3. The minimum Gasteiger partial charge on any atom is -0.334 e. The van der Waals surface area contributed by atoms with Crippen molar-refractivity contribution in [1.29, 1.82) is 0 Å². The van der Waals surface area contributed by atoms with E-state index in [1.54, 1.807) is 4.90 Å². The molecule has 1 aliphatic heterocycles. The molecule has 0 saturated heterocycles. The van der Waals surface area contributed by atoms with Crippen molar-refractivity contribution in [2.45, 2.75) is 46.7 Å². The number of rotatable bonds is 6. The molecule has 1 N–H and O–H groups in total. The average Bonchev–Trinajstić information content (AvgIpc) is 3.37. The molecule has 0 bridgehead atoms. The molecule has 0 saturated carbocycles. The Bertz CT molecular complexity index is 1420. The van der Waals surface area contributed by atoms with E-state index in [2.05, 4.69) is 42.5 Å². The zero-order valence-electron chi connectivity index (χ0n) is 21.1. The summed E-state index contributed by atoms with van der Waals surface area (Å²) in [4.78, 5) is 19.9. The first-order valence-corrected chi connectivity index (χ1v) is 12.3. The third kappa shape index (κ3) is 4.54. The molecule has 6 nitrogen and oxygen atoms in total. The minimum atomic E-state index is -0.401. The van der Waals surface area contributed by atoms with Crippen molar-refractivity contribution < 1.29 is 9.32 Å². The molecule has 3 aromatic carbocycles. The average molecular weight is 479 g/mol. The van der Waals surface area contributed by atoms with Gasteiger partial charge in [-0.05, 0) is 49.4 Å². The Morgan fingerprint density at radius 1 is 0.944 bits per heavy atom. The van der Waals surface area contributed by atoms with E-state index in [0.717, 1.165) is 45.5 Å². The number of carbonyl (C=O) groups excluding carboxylic acids is 1. The number of carbonyl (C=O) groups is 1. The number of urea groups is 1. The summed E-state index contributed by atoms with van der Waals surface area (Å²) < 4.78 is 5.82. The quantitative estimate of drug-likeness (QED) is 0.338. The summed E-state index contributed by atoms with van der Waals surface area (Å²) in [5, 5.41) is 7.47. The Morgan fingerprint density at radius 2 is 1.67 bits per heavy atom. The number of amides is 2. The molecule has 2 heterocycles. The van der Waals surface area contributed by atoms with Crippen molar-refractivity contribution in [3.05, 3.63) is 112 Å². The lowest BCUT2D eigenvalue weighted by Crippen LogP contribution is -2.45. The predicted octanol–water partition coefficient (Wildman–Crippen LogP) is 6.61. The van der Waals surface area contributed by atoms with Gasteiger partial charge in [-0.2, -0.15) is 4.98 Å². The van der Waals surface area contributed by atoms with Gasteiger partial charge in [-0.25, -0.2) is 4.79 Å². The van der Waals surface area contributed by atoms with Gasteiger partial charge in [0.2, 0.25) is 5.82 Å². The van der Waals surface area contributed by atoms with Crippen LogP contribution in [0.5, 0.6) is 0 Å². The largest absolute Gasteiger partial charge is 0.334 e. The number of nitrogens with zero attached hydrogens (tertiary/aromatic N) is 3. The monoisotopic (exact) mass is 478 g/mol. The molecule has 1 atom stereocenters. The first kappa shape index (κ1) is 23.5. The second-order valence-electron chi connectivity index (χ2n) is 9.28. The van der Waals surface area contributed by atoms with Gasteiger partial charge < -0.3 is 9.84 Å². The van der Waals surface area contributed by atoms with Crippen LogP contribution in [0.2, 0.25) is 0 Å². The SMILES string of the molecule is CCc1ccc(-c2noc(C3=C(C)N(Cc4ccccc4C)C(=O)NC3c3ccc(C)cc3)n2)cc1. The molecule has 4 aromatic rings. The van der Waals surface area contributed by atoms with Gasteiger partial charge in [0, 0.05) is 11.3 Å². The fraction of sp³-hybridized carbons (Fsp3) is 0.233. The van der Waals surface area contributed by atoms with Crippen LogP contribution in [0.1, 0.15) is 53.6 Å². The third-order valence-electron chi connectivity index (χ3n) is 6.87. The molecule has 6 heteroatoms. The Morgan fingerprint density at radius 3 is 2.36 bits per heavy atom. The van der Waals surface area contributed by atoms with Crippen molar-refractivity contribution in [2.24, 2.45) is 0 Å². The molecule has 2 amide bonds. The number of hydrogen-bond acceptors (Lipinski definition) is 4. The van der Waals surface area contributed by atoms with E-state index in [4.69, 9.17) is 9.51 Å². The van der Waals surface area contributed by atoms with E-state index in [9.17, 15) is 4.79 Å². The van der Waals surface area contributed by atoms with Crippen LogP contribution in [0.25, 0.3) is 17.0 Å². The lowest BCUT2D eigenvalue weighted by molar-refractivity contribution is 0.203. The summed E-state index contributed by atoms with van der Waals surface area (Å²) in [6.45, 7) is 8.63. The molecule has 0 fully saturated rings. The van der Waals surface area contributed by atoms with Gasteiger partial charge in [0.05, 0.1) is 18.2 Å². The summed E-state index contributed by atoms with van der Waals surface area (Å²) in [6.07, 6.45) is 0.971. The number of aryl methyl sites for hydroxylation is 3. The van der Waals surface area contributed by atoms with E-state index >= 15 is 0 Å². The summed E-state index contributed by atoms with van der Waals surface area (Å²) >= 11 is 0. The predicted molar refractivity (Wildman–Crippen MR) is 141 cm³/mol. The summed E-state index contributed by atoms with van der Waals surface area (Å²) in [5.41, 5.74) is 8.08. The normalized spacial score (nSPS) is 15.8. The zero-order valence-corrected chi connectivity index (χ0v) is 21.1. The van der Waals surface area contributed by atoms with E-state index in [1.165, 1.54) is 5.56 Å². The Kier molecular flexibility index (Phi) is 6.42. The van der Waals surface area contributed by atoms with Gasteiger partial charge in [0.15, 0.2) is 0 Å². The minimum absolute atomic E-state index is 0.153. The van der Waals surface area contributed by atoms with Gasteiger partial charge in [-0.1, -0.05) is 90.4 Å². The van der Waals surface area contributed by atoms with Crippen molar-refractivity contribution in [3.63, 3.8) is 0 Å². The number of nitrogens with one attached hydrogen (secondary N) is 1. The number of allylic oxidation sites excluding steroid dienone is 1. The first-order valence-electron chi connectivity index (χ1n) is 12.3. The zero-order chi connectivity index (χ0) is 25.2. The Hall–Kier alpha value is -4.19. The molecular formula is C30H30N4O2. The lowest BCUT2D eigenvalue weighted by Gasteiger charge is -2.35. The maximum Gasteiger partial charge on any atom is 0.322 e. The molecule has 0 aliphatic carbocycles. The summed E-state index contributed by atoms with van der Waals surface area (Å²) in [5.74, 6) is 0.931. The highest BCUT2D eigenvalue weighted by Gasteiger charge is 2.36. The number of hydrogen-bond donors (Lipinski definition) is 1. The molecule has 0 radical (unpaired) electrons. The van der Waals surface area contributed by atoms with E-state index in [0.29, 0.717) is 18.3 Å². The first-order chi connectivity index (χ1) is 17.4. The highest BCUT2D eigenvalue weighted by molar-refractivity contribution is 5.87. The molecule has 1 aromatic heterocycles. The smallest absolute Gasteiger partial charge is 0.322 e. The topological polar surface area (TPSA) is 71.3 Å². The van der Waals surface area contributed by atoms with Crippen LogP contribution < -0.4 is 5.32 Å². The number of aromatic nitrogens is 2. The van der Waals surface area contributed by atoms with Crippen molar-refractivity contribution in [3.8, 4) is 11.4 Å². The highest BCUT2D eigenvalue weighted by atomic mass is 16.5. The molecule has 5 rings (SSSR count). The van der Waals surface area contributed by atoms with Crippen molar-refractivity contribution in [2.75, 3.05) is 0 Å². The van der Waals surface area contributed by atoms with Gasteiger partial charge in [0.1, 0.15) is 0 Å². The van der Waals surface area contributed by atoms with Gasteiger partial charge in [-0.15, -0.1) is 0 Å². The van der Waals surface area contributed by atoms with Crippen LogP contribution in [0, 0.1) is 13.8 Å². The Labute approximate surface area is 211 Å². The fourth-order valence-electron chi connectivity index (χ4n) is 4.56. The maximum atomic E-state index is 13.3. The van der Waals surface area contributed by atoms with Crippen LogP contribution in [-0.2, 0) is 13.0 Å². The van der Waals surface area contributed by atoms with Crippen molar-refractivity contribution >= 4 is 11.6 Å². The second-order valence-corrected chi connectivity index (χ2v) is 9.28. The van der Waals surface area contributed by atoms with E-state index in [-0.39, 0.29) is 6.03 Å². The van der Waals surface area contributed by atoms with Crippen LogP contribution >= 0.6 is 0 Å². The van der Waals surface area contributed by atoms with Crippen molar-refractivity contribution in [1.82, 2.24) is 20.4 Å². The third-order valence-corrected chi connectivity index (χ3v) is 6.87. The second kappa shape index (κ2) is 9.82. The summed E-state index contributed by atoms with van der Waals surface area (Å²) in [7, 11) is 0. The fourth-order valence-corrected chi connectivity index (χ4v) is 4.56. The van der Waals surface area contributed by atoms with Crippen LogP contribution in [0.3, 0.4) is 0 Å². The molecule has 36 heavy (non-hydrogen) atoms. The van der Waals surface area contributed by atoms with Crippen LogP contribution in [0.15, 0.2) is 83.0 Å². The molecule has 182 valence electrons. The maximum absolute atomic E-state index is 13.3. The van der Waals surface area contributed by atoms with E-state index in [1.807, 2.05) is 68.4 Å². The molecule has 1 unspecified atom stereocenters. The van der Waals surface area contributed by atoms with Gasteiger partial charge in [-0.3, -0.25) is 4.90 Å². The van der Waals surface area contributed by atoms with Gasteiger partial charge in [0.25, 0.3) is 5.89 Å².